The number of amides is 1. The van der Waals surface area contributed by atoms with Crippen LogP contribution in [0.1, 0.15) is 34.1 Å². The highest BCUT2D eigenvalue weighted by Gasteiger charge is 2.22. The molecule has 2 aromatic carbocycles. The second-order valence-electron chi connectivity index (χ2n) is 7.07. The van der Waals surface area contributed by atoms with Crippen LogP contribution in [0, 0.1) is 6.92 Å². The normalized spacial score (nSPS) is 13.1. The van der Waals surface area contributed by atoms with Crippen LogP contribution in [0.25, 0.3) is 0 Å². The van der Waals surface area contributed by atoms with Gasteiger partial charge in [-0.3, -0.25) is 4.79 Å². The van der Waals surface area contributed by atoms with E-state index in [9.17, 15) is 4.79 Å². The molecule has 5 nitrogen and oxygen atoms in total. The molecule has 1 aromatic heterocycles. The molecule has 3 aromatic rings. The highest BCUT2D eigenvalue weighted by molar-refractivity contribution is 6.04. The number of aromatic nitrogens is 2. The molecular weight excluding hydrogens is 348 g/mol. The summed E-state index contributed by atoms with van der Waals surface area (Å²) in [6, 6.07) is 18.1. The Bertz CT molecular complexity index is 1000. The fourth-order valence-electron chi connectivity index (χ4n) is 3.66. The lowest BCUT2D eigenvalue weighted by Crippen LogP contribution is -2.34. The minimum atomic E-state index is -0.103. The van der Waals surface area contributed by atoms with E-state index in [1.165, 1.54) is 11.1 Å². The summed E-state index contributed by atoms with van der Waals surface area (Å²) < 4.78 is 0. The van der Waals surface area contributed by atoms with Crippen LogP contribution in [0.2, 0.25) is 0 Å². The molecule has 1 aliphatic heterocycles. The Kier molecular flexibility index (Phi) is 5.06. The number of fused-ring (bicyclic) bond motifs is 1. The van der Waals surface area contributed by atoms with Gasteiger partial charge in [-0.25, -0.2) is 9.97 Å². The van der Waals surface area contributed by atoms with Crippen LogP contribution in [-0.2, 0) is 13.0 Å². The predicted octanol–water partition coefficient (Wildman–Crippen LogP) is 4.01. The predicted molar refractivity (Wildman–Crippen MR) is 112 cm³/mol. The molecule has 0 bridgehead atoms. The Labute approximate surface area is 165 Å². The zero-order valence-corrected chi connectivity index (χ0v) is 16.3. The fourth-order valence-corrected chi connectivity index (χ4v) is 3.66. The van der Waals surface area contributed by atoms with Crippen molar-refractivity contribution in [1.29, 1.82) is 0 Å². The topological polar surface area (TPSA) is 49.3 Å². The van der Waals surface area contributed by atoms with Crippen molar-refractivity contribution in [2.24, 2.45) is 0 Å². The molecular formula is C23H24N4O. The number of hydrogen-bond donors (Lipinski definition) is 0. The minimum absolute atomic E-state index is 0.103. The SMILES string of the molecule is CCN(C(=O)c1ccnc(N2CCc3ccccc3C2)n1)c1cccc(C)c1. The monoisotopic (exact) mass is 372 g/mol. The lowest BCUT2D eigenvalue weighted by atomic mass is 10.0. The van der Waals surface area contributed by atoms with Crippen LogP contribution in [-0.4, -0.2) is 29.0 Å². The molecule has 0 fully saturated rings. The van der Waals surface area contributed by atoms with Crippen molar-refractivity contribution in [3.8, 4) is 0 Å². The van der Waals surface area contributed by atoms with Gasteiger partial charge in [-0.05, 0) is 55.2 Å². The largest absolute Gasteiger partial charge is 0.336 e. The quantitative estimate of drug-likeness (QED) is 0.694. The van der Waals surface area contributed by atoms with E-state index in [-0.39, 0.29) is 5.91 Å². The van der Waals surface area contributed by atoms with Crippen LogP contribution in [0.15, 0.2) is 60.8 Å². The molecule has 0 atom stereocenters. The van der Waals surface area contributed by atoms with E-state index >= 15 is 0 Å². The van der Waals surface area contributed by atoms with Crippen molar-refractivity contribution < 1.29 is 4.79 Å². The third-order valence-corrected chi connectivity index (χ3v) is 5.15. The summed E-state index contributed by atoms with van der Waals surface area (Å²) in [6.45, 7) is 6.20. The van der Waals surface area contributed by atoms with E-state index in [1.54, 1.807) is 17.2 Å². The number of hydrogen-bond acceptors (Lipinski definition) is 4. The second-order valence-corrected chi connectivity index (χ2v) is 7.07. The summed E-state index contributed by atoms with van der Waals surface area (Å²) in [6.07, 6.45) is 2.64. The lowest BCUT2D eigenvalue weighted by molar-refractivity contribution is 0.0983. The smallest absolute Gasteiger partial charge is 0.277 e. The summed E-state index contributed by atoms with van der Waals surface area (Å²) in [7, 11) is 0. The molecule has 1 amide bonds. The third-order valence-electron chi connectivity index (χ3n) is 5.15. The first-order chi connectivity index (χ1) is 13.7. The average molecular weight is 372 g/mol. The Morgan fingerprint density at radius 1 is 1.11 bits per heavy atom. The van der Waals surface area contributed by atoms with Crippen molar-refractivity contribution in [3.05, 3.63) is 83.2 Å². The molecule has 0 spiro atoms. The van der Waals surface area contributed by atoms with Gasteiger partial charge in [0.25, 0.3) is 5.91 Å². The van der Waals surface area contributed by atoms with Gasteiger partial charge in [-0.15, -0.1) is 0 Å². The van der Waals surface area contributed by atoms with E-state index in [2.05, 4.69) is 39.1 Å². The molecule has 4 rings (SSSR count). The van der Waals surface area contributed by atoms with Gasteiger partial charge in [0, 0.05) is 31.5 Å². The van der Waals surface area contributed by atoms with Gasteiger partial charge < -0.3 is 9.80 Å². The van der Waals surface area contributed by atoms with Crippen molar-refractivity contribution >= 4 is 17.5 Å². The van der Waals surface area contributed by atoms with Crippen LogP contribution in [0.3, 0.4) is 0 Å². The number of carbonyl (C=O) groups excluding carboxylic acids is 1. The number of carbonyl (C=O) groups is 1. The van der Waals surface area contributed by atoms with Crippen LogP contribution in [0.4, 0.5) is 11.6 Å². The first-order valence-electron chi connectivity index (χ1n) is 9.69. The Morgan fingerprint density at radius 3 is 2.71 bits per heavy atom. The molecule has 28 heavy (non-hydrogen) atoms. The van der Waals surface area contributed by atoms with Gasteiger partial charge in [0.05, 0.1) is 0 Å². The van der Waals surface area contributed by atoms with E-state index in [4.69, 9.17) is 0 Å². The van der Waals surface area contributed by atoms with E-state index in [0.29, 0.717) is 18.2 Å². The van der Waals surface area contributed by atoms with E-state index < -0.39 is 0 Å². The Balaban J connectivity index is 1.59. The molecule has 0 N–H and O–H groups in total. The second kappa shape index (κ2) is 7.80. The summed E-state index contributed by atoms with van der Waals surface area (Å²) in [5.74, 6) is 0.509. The number of benzene rings is 2. The molecule has 0 radical (unpaired) electrons. The zero-order chi connectivity index (χ0) is 19.5. The Hall–Kier alpha value is -3.21. The molecule has 2 heterocycles. The maximum absolute atomic E-state index is 13.1. The van der Waals surface area contributed by atoms with Gasteiger partial charge >= 0.3 is 0 Å². The molecule has 0 saturated carbocycles. The van der Waals surface area contributed by atoms with Crippen LogP contribution < -0.4 is 9.80 Å². The molecule has 1 aliphatic rings. The standard InChI is InChI=1S/C23H24N4O/c1-3-27(20-10-6-7-17(2)15-20)22(28)21-11-13-24-23(25-21)26-14-12-18-8-4-5-9-19(18)16-26/h4-11,13,15H,3,12,14,16H2,1-2H3. The van der Waals surface area contributed by atoms with Crippen molar-refractivity contribution in [1.82, 2.24) is 9.97 Å². The maximum atomic E-state index is 13.1. The lowest BCUT2D eigenvalue weighted by Gasteiger charge is -2.29. The molecule has 5 heteroatoms. The minimum Gasteiger partial charge on any atom is -0.336 e. The first kappa shape index (κ1) is 18.2. The van der Waals surface area contributed by atoms with Gasteiger partial charge in [0.2, 0.25) is 5.95 Å². The highest BCUT2D eigenvalue weighted by Crippen LogP contribution is 2.23. The number of rotatable bonds is 4. The Morgan fingerprint density at radius 2 is 1.93 bits per heavy atom. The van der Waals surface area contributed by atoms with Crippen molar-refractivity contribution in [2.45, 2.75) is 26.8 Å². The third kappa shape index (κ3) is 3.60. The zero-order valence-electron chi connectivity index (χ0n) is 16.3. The van der Waals surface area contributed by atoms with E-state index in [0.717, 1.165) is 30.8 Å². The van der Waals surface area contributed by atoms with Gasteiger partial charge in [0.1, 0.15) is 5.69 Å². The van der Waals surface area contributed by atoms with Crippen molar-refractivity contribution in [3.63, 3.8) is 0 Å². The highest BCUT2D eigenvalue weighted by atomic mass is 16.2. The number of anilines is 2. The van der Waals surface area contributed by atoms with Crippen LogP contribution >= 0.6 is 0 Å². The van der Waals surface area contributed by atoms with Gasteiger partial charge in [-0.2, -0.15) is 0 Å². The van der Waals surface area contributed by atoms with Gasteiger partial charge in [0.15, 0.2) is 0 Å². The number of aryl methyl sites for hydroxylation is 1. The molecule has 0 saturated heterocycles. The fraction of sp³-hybridized carbons (Fsp3) is 0.261. The number of nitrogens with zero attached hydrogens (tertiary/aromatic N) is 4. The van der Waals surface area contributed by atoms with E-state index in [1.807, 2.05) is 38.1 Å². The summed E-state index contributed by atoms with van der Waals surface area (Å²) >= 11 is 0. The van der Waals surface area contributed by atoms with Crippen LogP contribution in [0.5, 0.6) is 0 Å². The maximum Gasteiger partial charge on any atom is 0.277 e. The van der Waals surface area contributed by atoms with Crippen molar-refractivity contribution in [2.75, 3.05) is 22.9 Å². The molecule has 0 aliphatic carbocycles. The average Bonchev–Trinajstić information content (AvgIpc) is 2.74. The molecule has 0 unspecified atom stereocenters. The molecule has 142 valence electrons. The summed E-state index contributed by atoms with van der Waals surface area (Å²) in [4.78, 5) is 26.1. The van der Waals surface area contributed by atoms with Gasteiger partial charge in [-0.1, -0.05) is 36.4 Å². The first-order valence-corrected chi connectivity index (χ1v) is 9.69. The summed E-state index contributed by atoms with van der Waals surface area (Å²) in [5.41, 5.74) is 5.11. The summed E-state index contributed by atoms with van der Waals surface area (Å²) in [5, 5.41) is 0.